The second kappa shape index (κ2) is 11.9. The Labute approximate surface area is 231 Å². The van der Waals surface area contributed by atoms with E-state index >= 15 is 0 Å². The molecule has 0 atom stereocenters. The van der Waals surface area contributed by atoms with Crippen molar-refractivity contribution in [2.75, 3.05) is 13.7 Å². The Balaban J connectivity index is 1.59. The Morgan fingerprint density at radius 3 is 2.62 bits per heavy atom. The number of aromatic carboxylic acids is 1. The molecule has 1 aliphatic rings. The normalized spacial score (nSPS) is 15.5. The predicted molar refractivity (Wildman–Crippen MR) is 150 cm³/mol. The van der Waals surface area contributed by atoms with Gasteiger partial charge in [0.1, 0.15) is 6.61 Å². The Morgan fingerprint density at radius 2 is 1.95 bits per heavy atom. The fourth-order valence-electron chi connectivity index (χ4n) is 3.54. The highest BCUT2D eigenvalue weighted by Crippen LogP contribution is 2.40. The van der Waals surface area contributed by atoms with Crippen LogP contribution in [0.3, 0.4) is 0 Å². The number of thioether (sulfide) groups is 1. The van der Waals surface area contributed by atoms with Crippen LogP contribution in [-0.2, 0) is 11.4 Å². The van der Waals surface area contributed by atoms with Crippen LogP contribution in [0.5, 0.6) is 11.5 Å². The minimum Gasteiger partial charge on any atom is -0.493 e. The molecule has 0 radical (unpaired) electrons. The molecule has 1 saturated heterocycles. The van der Waals surface area contributed by atoms with Gasteiger partial charge in [-0.1, -0.05) is 29.8 Å². The number of ether oxygens (including phenoxy) is 2. The van der Waals surface area contributed by atoms with Crippen LogP contribution in [0.15, 0.2) is 75.0 Å². The standard InChI is InChI=1S/C27H22BrClN2O5S/c1-3-31-25(32)23(37-27(31)30-20-6-4-5-18(14-20)26(33)34)13-17-11-21(28)24(22(12-17)35-2)36-15-16-7-9-19(29)10-8-16/h4-14H,3,15H2,1-2H3,(H,33,34)/b23-13+,30-27?. The highest BCUT2D eigenvalue weighted by atomic mass is 79.9. The molecule has 0 spiro atoms. The number of carboxylic acids is 1. The summed E-state index contributed by atoms with van der Waals surface area (Å²) in [5.41, 5.74) is 2.29. The maximum absolute atomic E-state index is 13.1. The van der Waals surface area contributed by atoms with Crippen molar-refractivity contribution < 1.29 is 24.2 Å². The molecule has 37 heavy (non-hydrogen) atoms. The maximum atomic E-state index is 13.1. The van der Waals surface area contributed by atoms with E-state index in [0.717, 1.165) is 11.1 Å². The van der Waals surface area contributed by atoms with Gasteiger partial charge in [-0.2, -0.15) is 0 Å². The molecule has 4 rings (SSSR count). The third-order valence-electron chi connectivity index (χ3n) is 5.37. The highest BCUT2D eigenvalue weighted by Gasteiger charge is 2.32. The first-order valence-electron chi connectivity index (χ1n) is 11.2. The Morgan fingerprint density at radius 1 is 1.19 bits per heavy atom. The number of benzene rings is 3. The van der Waals surface area contributed by atoms with Gasteiger partial charge < -0.3 is 14.6 Å². The minimum atomic E-state index is -1.04. The van der Waals surface area contributed by atoms with Gasteiger partial charge in [0.05, 0.1) is 27.7 Å². The first-order valence-corrected chi connectivity index (χ1v) is 13.2. The molecule has 0 aromatic heterocycles. The summed E-state index contributed by atoms with van der Waals surface area (Å²) in [6.07, 6.45) is 1.77. The summed E-state index contributed by atoms with van der Waals surface area (Å²) >= 11 is 10.7. The minimum absolute atomic E-state index is 0.130. The lowest BCUT2D eigenvalue weighted by Gasteiger charge is -2.14. The van der Waals surface area contributed by atoms with Crippen LogP contribution < -0.4 is 9.47 Å². The van der Waals surface area contributed by atoms with E-state index in [2.05, 4.69) is 20.9 Å². The smallest absolute Gasteiger partial charge is 0.335 e. The summed E-state index contributed by atoms with van der Waals surface area (Å²) < 4.78 is 12.2. The van der Waals surface area contributed by atoms with Crippen LogP contribution in [0.1, 0.15) is 28.4 Å². The van der Waals surface area contributed by atoms with Crippen LogP contribution in [0.2, 0.25) is 5.02 Å². The van der Waals surface area contributed by atoms with E-state index in [1.165, 1.54) is 23.9 Å². The summed E-state index contributed by atoms with van der Waals surface area (Å²) in [4.78, 5) is 31.0. The molecule has 0 saturated carbocycles. The van der Waals surface area contributed by atoms with Crippen LogP contribution in [-0.4, -0.2) is 40.7 Å². The second-order valence-corrected chi connectivity index (χ2v) is 10.2. The fraction of sp³-hybridized carbons (Fsp3) is 0.148. The van der Waals surface area contributed by atoms with Gasteiger partial charge in [-0.05, 0) is 94.3 Å². The van der Waals surface area contributed by atoms with Crippen LogP contribution in [0, 0.1) is 0 Å². The van der Waals surface area contributed by atoms with Crippen molar-refractivity contribution in [3.8, 4) is 11.5 Å². The van der Waals surface area contributed by atoms with Crippen molar-refractivity contribution in [1.29, 1.82) is 0 Å². The number of carbonyl (C=O) groups excluding carboxylic acids is 1. The number of amides is 1. The van der Waals surface area contributed by atoms with Crippen LogP contribution in [0.4, 0.5) is 5.69 Å². The van der Waals surface area contributed by atoms with E-state index in [9.17, 15) is 14.7 Å². The van der Waals surface area contributed by atoms with Gasteiger partial charge in [-0.25, -0.2) is 9.79 Å². The topological polar surface area (TPSA) is 88.4 Å². The monoisotopic (exact) mass is 600 g/mol. The summed E-state index contributed by atoms with van der Waals surface area (Å²) in [5, 5.41) is 10.4. The average Bonchev–Trinajstić information content (AvgIpc) is 3.17. The number of amidine groups is 1. The number of carboxylic acid groups (broad SMARTS) is 1. The first-order chi connectivity index (χ1) is 17.8. The third-order valence-corrected chi connectivity index (χ3v) is 7.22. The number of methoxy groups -OCH3 is 1. The lowest BCUT2D eigenvalue weighted by molar-refractivity contribution is -0.122. The zero-order valence-electron chi connectivity index (χ0n) is 19.9. The van der Waals surface area contributed by atoms with Gasteiger partial charge in [-0.3, -0.25) is 9.69 Å². The number of hydrogen-bond acceptors (Lipinski definition) is 6. The average molecular weight is 602 g/mol. The Hall–Kier alpha value is -3.27. The number of rotatable bonds is 8. The molecule has 0 aliphatic carbocycles. The third kappa shape index (κ3) is 6.36. The van der Waals surface area contributed by atoms with Gasteiger partial charge >= 0.3 is 5.97 Å². The number of hydrogen-bond donors (Lipinski definition) is 1. The van der Waals surface area contributed by atoms with E-state index in [-0.39, 0.29) is 11.5 Å². The van der Waals surface area contributed by atoms with Gasteiger partial charge in [0.2, 0.25) is 0 Å². The van der Waals surface area contributed by atoms with E-state index in [1.54, 1.807) is 48.4 Å². The molecule has 3 aromatic carbocycles. The number of carbonyl (C=O) groups is 2. The van der Waals surface area contributed by atoms with Crippen molar-refractivity contribution in [2.45, 2.75) is 13.5 Å². The van der Waals surface area contributed by atoms with Gasteiger partial charge in [0.25, 0.3) is 5.91 Å². The maximum Gasteiger partial charge on any atom is 0.335 e. The highest BCUT2D eigenvalue weighted by molar-refractivity contribution is 9.10. The van der Waals surface area contributed by atoms with Crippen LogP contribution >= 0.6 is 39.3 Å². The largest absolute Gasteiger partial charge is 0.493 e. The van der Waals surface area contributed by atoms with E-state index in [1.807, 2.05) is 25.1 Å². The second-order valence-electron chi connectivity index (χ2n) is 7.86. The fourth-order valence-corrected chi connectivity index (χ4v) is 5.30. The van der Waals surface area contributed by atoms with Gasteiger partial charge in [0.15, 0.2) is 16.7 Å². The lowest BCUT2D eigenvalue weighted by Crippen LogP contribution is -2.28. The molecule has 1 heterocycles. The summed E-state index contributed by atoms with van der Waals surface area (Å²) in [6.45, 7) is 2.61. The molecule has 0 unspecified atom stereocenters. The quantitative estimate of drug-likeness (QED) is 0.279. The van der Waals surface area contributed by atoms with Gasteiger partial charge in [-0.15, -0.1) is 0 Å². The zero-order valence-corrected chi connectivity index (χ0v) is 23.1. The Kier molecular flexibility index (Phi) is 8.58. The molecule has 0 bridgehead atoms. The van der Waals surface area contributed by atoms with Crippen molar-refractivity contribution in [1.82, 2.24) is 4.90 Å². The van der Waals surface area contributed by atoms with E-state index in [0.29, 0.717) is 49.9 Å². The predicted octanol–water partition coefficient (Wildman–Crippen LogP) is 7.01. The summed E-state index contributed by atoms with van der Waals surface area (Å²) in [7, 11) is 1.55. The number of likely N-dealkylation sites (N-methyl/N-ethyl adjacent to an activating group) is 1. The summed E-state index contributed by atoms with van der Waals surface area (Å²) in [5.74, 6) is -0.165. The van der Waals surface area contributed by atoms with E-state index in [4.69, 9.17) is 21.1 Å². The Bertz CT molecular complexity index is 1410. The molecule has 3 aromatic rings. The molecule has 1 fully saturated rings. The zero-order chi connectivity index (χ0) is 26.5. The number of aliphatic imine (C=N–C) groups is 1. The first kappa shape index (κ1) is 26.8. The summed E-state index contributed by atoms with van der Waals surface area (Å²) in [6, 6.07) is 17.3. The van der Waals surface area contributed by atoms with Gasteiger partial charge in [0, 0.05) is 11.6 Å². The molecule has 1 amide bonds. The van der Waals surface area contributed by atoms with Crippen molar-refractivity contribution >= 4 is 68.1 Å². The molecule has 190 valence electrons. The van der Waals surface area contributed by atoms with E-state index < -0.39 is 5.97 Å². The molecule has 10 heteroatoms. The molecule has 1 aliphatic heterocycles. The van der Waals surface area contributed by atoms with Crippen molar-refractivity contribution in [2.24, 2.45) is 4.99 Å². The number of nitrogens with zero attached hydrogens (tertiary/aromatic N) is 2. The molecule has 1 N–H and O–H groups in total. The van der Waals surface area contributed by atoms with Crippen LogP contribution in [0.25, 0.3) is 6.08 Å². The SMILES string of the molecule is CCN1C(=O)/C(=C\c2cc(Br)c(OCc3ccc(Cl)cc3)c(OC)c2)SC1=Nc1cccc(C(=O)O)c1. The molecular weight excluding hydrogens is 580 g/mol. The number of halogens is 2. The molecular formula is C27H22BrClN2O5S. The molecule has 7 nitrogen and oxygen atoms in total. The van der Waals surface area contributed by atoms with Crippen molar-refractivity contribution in [3.63, 3.8) is 0 Å². The van der Waals surface area contributed by atoms with Crippen molar-refractivity contribution in [3.05, 3.63) is 91.8 Å². The lowest BCUT2D eigenvalue weighted by atomic mass is 10.1.